The van der Waals surface area contributed by atoms with E-state index in [1.165, 1.54) is 0 Å². The van der Waals surface area contributed by atoms with E-state index in [0.717, 1.165) is 16.7 Å². The van der Waals surface area contributed by atoms with E-state index in [2.05, 4.69) is 0 Å². The Morgan fingerprint density at radius 2 is 1.69 bits per heavy atom. The number of aliphatic hydroxyl groups excluding tert-OH is 1. The Morgan fingerprint density at radius 3 is 2.08 bits per heavy atom. The lowest BCUT2D eigenvalue weighted by Crippen LogP contribution is -2.24. The first-order chi connectivity index (χ1) is 6.04. The topological polar surface area (TPSA) is 46.2 Å². The van der Waals surface area contributed by atoms with Crippen molar-refractivity contribution in [3.63, 3.8) is 0 Å². The molecule has 0 saturated carbocycles. The second-order valence-electron chi connectivity index (χ2n) is 3.57. The molecule has 0 heterocycles. The molecule has 0 spiro atoms. The molecule has 0 unspecified atom stereocenters. The lowest BCUT2D eigenvalue weighted by atomic mass is 9.94. The fraction of sp³-hybridized carbons (Fsp3) is 0.455. The third-order valence-corrected chi connectivity index (χ3v) is 2.40. The smallest absolute Gasteiger partial charge is 0.0704 e. The van der Waals surface area contributed by atoms with Crippen molar-refractivity contribution in [1.82, 2.24) is 0 Å². The van der Waals surface area contributed by atoms with Crippen molar-refractivity contribution in [3.05, 3.63) is 34.9 Å². The molecule has 0 aromatic heterocycles. The summed E-state index contributed by atoms with van der Waals surface area (Å²) in [5.41, 5.74) is 9.25. The van der Waals surface area contributed by atoms with Gasteiger partial charge >= 0.3 is 0 Å². The molecule has 2 nitrogen and oxygen atoms in total. The van der Waals surface area contributed by atoms with Gasteiger partial charge in [0.15, 0.2) is 0 Å². The van der Waals surface area contributed by atoms with Gasteiger partial charge in [-0.25, -0.2) is 0 Å². The molecule has 0 aliphatic heterocycles. The minimum Gasteiger partial charge on any atom is -0.391 e. The molecule has 0 fully saturated rings. The third kappa shape index (κ3) is 2.08. The molecule has 0 radical (unpaired) electrons. The van der Waals surface area contributed by atoms with Crippen LogP contribution < -0.4 is 5.73 Å². The largest absolute Gasteiger partial charge is 0.391 e. The Kier molecular flexibility index (Phi) is 3.07. The van der Waals surface area contributed by atoms with Crippen molar-refractivity contribution in [3.8, 4) is 0 Å². The highest BCUT2D eigenvalue weighted by atomic mass is 16.3. The van der Waals surface area contributed by atoms with Gasteiger partial charge in [0.2, 0.25) is 0 Å². The number of aryl methyl sites for hydroxylation is 2. The highest BCUT2D eigenvalue weighted by molar-refractivity contribution is 5.36. The van der Waals surface area contributed by atoms with Crippen molar-refractivity contribution in [1.29, 1.82) is 0 Å². The molecule has 1 aromatic rings. The summed E-state index contributed by atoms with van der Waals surface area (Å²) in [4.78, 5) is 0. The van der Waals surface area contributed by atoms with Crippen LogP contribution in [0.3, 0.4) is 0 Å². The summed E-state index contributed by atoms with van der Waals surface area (Å²) in [6, 6.07) is 5.76. The molecule has 0 bridgehead atoms. The maximum atomic E-state index is 9.40. The molecule has 3 N–H and O–H groups in total. The Morgan fingerprint density at radius 1 is 1.23 bits per heavy atom. The average Bonchev–Trinajstić information content (AvgIpc) is 2.03. The Balaban J connectivity index is 3.12. The van der Waals surface area contributed by atoms with Gasteiger partial charge in [-0.05, 0) is 37.5 Å². The van der Waals surface area contributed by atoms with Crippen molar-refractivity contribution >= 4 is 0 Å². The van der Waals surface area contributed by atoms with Crippen LogP contribution in [0.2, 0.25) is 0 Å². The van der Waals surface area contributed by atoms with Gasteiger partial charge in [0, 0.05) is 0 Å². The highest BCUT2D eigenvalue weighted by Gasteiger charge is 2.15. The summed E-state index contributed by atoms with van der Waals surface area (Å²) < 4.78 is 0. The summed E-state index contributed by atoms with van der Waals surface area (Å²) >= 11 is 0. The predicted octanol–water partition coefficient (Wildman–Crippen LogP) is 1.68. The average molecular weight is 179 g/mol. The zero-order valence-corrected chi connectivity index (χ0v) is 8.41. The fourth-order valence-electron chi connectivity index (χ4n) is 1.59. The van der Waals surface area contributed by atoms with Gasteiger partial charge in [0.1, 0.15) is 0 Å². The first kappa shape index (κ1) is 10.2. The minimum absolute atomic E-state index is 0.277. The second-order valence-corrected chi connectivity index (χ2v) is 3.57. The van der Waals surface area contributed by atoms with E-state index in [-0.39, 0.29) is 6.04 Å². The molecular weight excluding hydrogens is 162 g/mol. The van der Waals surface area contributed by atoms with Crippen LogP contribution in [0.5, 0.6) is 0 Å². The maximum absolute atomic E-state index is 9.40. The summed E-state index contributed by atoms with van der Waals surface area (Å²) in [6.07, 6.45) is -0.500. The summed E-state index contributed by atoms with van der Waals surface area (Å²) in [5.74, 6) is 0. The number of aliphatic hydroxyl groups is 1. The van der Waals surface area contributed by atoms with Crippen LogP contribution in [-0.2, 0) is 0 Å². The van der Waals surface area contributed by atoms with Gasteiger partial charge in [0.05, 0.1) is 12.1 Å². The van der Waals surface area contributed by atoms with Gasteiger partial charge in [-0.2, -0.15) is 0 Å². The quantitative estimate of drug-likeness (QED) is 0.725. The van der Waals surface area contributed by atoms with Crippen molar-refractivity contribution in [2.75, 3.05) is 0 Å². The van der Waals surface area contributed by atoms with E-state index in [9.17, 15) is 5.11 Å². The number of nitrogens with two attached hydrogens (primary N) is 1. The molecule has 1 aromatic carbocycles. The molecule has 0 amide bonds. The zero-order chi connectivity index (χ0) is 10.0. The van der Waals surface area contributed by atoms with Crippen LogP contribution in [0, 0.1) is 13.8 Å². The Hall–Kier alpha value is -0.860. The summed E-state index contributed by atoms with van der Waals surface area (Å²) in [6.45, 7) is 5.76. The molecule has 0 aliphatic carbocycles. The second kappa shape index (κ2) is 3.90. The minimum atomic E-state index is -0.500. The van der Waals surface area contributed by atoms with Crippen LogP contribution in [0.15, 0.2) is 18.2 Å². The Labute approximate surface area is 79.4 Å². The van der Waals surface area contributed by atoms with Crippen molar-refractivity contribution in [2.45, 2.75) is 32.9 Å². The van der Waals surface area contributed by atoms with Gasteiger partial charge in [-0.3, -0.25) is 0 Å². The van der Waals surface area contributed by atoms with Crippen molar-refractivity contribution in [2.24, 2.45) is 5.73 Å². The monoisotopic (exact) mass is 179 g/mol. The molecule has 0 aliphatic rings. The molecule has 13 heavy (non-hydrogen) atoms. The lowest BCUT2D eigenvalue weighted by Gasteiger charge is -2.19. The molecule has 1 rings (SSSR count). The van der Waals surface area contributed by atoms with E-state index < -0.39 is 6.10 Å². The van der Waals surface area contributed by atoms with Crippen LogP contribution in [-0.4, -0.2) is 11.2 Å². The third-order valence-electron chi connectivity index (χ3n) is 2.40. The predicted molar refractivity (Wildman–Crippen MR) is 54.5 cm³/mol. The van der Waals surface area contributed by atoms with Gasteiger partial charge in [-0.1, -0.05) is 18.2 Å². The number of rotatable bonds is 2. The van der Waals surface area contributed by atoms with Crippen LogP contribution in [0.4, 0.5) is 0 Å². The normalized spacial score (nSPS) is 15.5. The maximum Gasteiger partial charge on any atom is 0.0704 e. The number of hydrogen-bond donors (Lipinski definition) is 2. The van der Waals surface area contributed by atoms with Crippen LogP contribution in [0.1, 0.15) is 29.7 Å². The first-order valence-corrected chi connectivity index (χ1v) is 4.53. The lowest BCUT2D eigenvalue weighted by molar-refractivity contribution is 0.163. The first-order valence-electron chi connectivity index (χ1n) is 4.53. The zero-order valence-electron chi connectivity index (χ0n) is 8.41. The van der Waals surface area contributed by atoms with E-state index in [0.29, 0.717) is 0 Å². The molecule has 0 saturated heterocycles. The van der Waals surface area contributed by atoms with Gasteiger partial charge in [0.25, 0.3) is 0 Å². The fourth-order valence-corrected chi connectivity index (χ4v) is 1.59. The van der Waals surface area contributed by atoms with Gasteiger partial charge in [-0.15, -0.1) is 0 Å². The molecule has 72 valence electrons. The van der Waals surface area contributed by atoms with E-state index in [1.54, 1.807) is 6.92 Å². The van der Waals surface area contributed by atoms with Crippen LogP contribution in [0.25, 0.3) is 0 Å². The van der Waals surface area contributed by atoms with Gasteiger partial charge < -0.3 is 10.8 Å². The SMILES string of the molecule is Cc1cccc(C)c1[C@@H](N)[C@H](C)O. The van der Waals surface area contributed by atoms with E-state index in [1.807, 2.05) is 32.0 Å². The molecular formula is C11H17NO. The molecule has 2 atom stereocenters. The van der Waals surface area contributed by atoms with E-state index >= 15 is 0 Å². The highest BCUT2D eigenvalue weighted by Crippen LogP contribution is 2.22. The van der Waals surface area contributed by atoms with Crippen molar-refractivity contribution < 1.29 is 5.11 Å². The summed E-state index contributed by atoms with van der Waals surface area (Å²) in [7, 11) is 0. The number of hydrogen-bond acceptors (Lipinski definition) is 2. The molecule has 2 heteroatoms. The van der Waals surface area contributed by atoms with Crippen LogP contribution >= 0.6 is 0 Å². The van der Waals surface area contributed by atoms with E-state index in [4.69, 9.17) is 5.73 Å². The standard InChI is InChI=1S/C11H17NO/c1-7-5-4-6-8(2)10(7)11(12)9(3)13/h4-6,9,11,13H,12H2,1-3H3/t9-,11-/m0/s1. The Bertz CT molecular complexity index is 274. The number of benzene rings is 1. The summed E-state index contributed by atoms with van der Waals surface area (Å²) in [5, 5.41) is 9.40.